The van der Waals surface area contributed by atoms with E-state index in [1.165, 1.54) is 38.5 Å². The van der Waals surface area contributed by atoms with Gasteiger partial charge in [0.25, 0.3) is 0 Å². The van der Waals surface area contributed by atoms with Gasteiger partial charge in [-0.2, -0.15) is 0 Å². The Bertz CT molecular complexity index is 142. The molecule has 1 fully saturated rings. The Morgan fingerprint density at radius 3 is 2.07 bits per heavy atom. The normalized spacial score (nSPS) is 21.2. The van der Waals surface area contributed by atoms with Gasteiger partial charge in [0.15, 0.2) is 0 Å². The largest absolute Gasteiger partial charge is 0.0651 e. The monoisotopic (exact) mass is 196 g/mol. The van der Waals surface area contributed by atoms with E-state index in [1.54, 1.807) is 0 Å². The van der Waals surface area contributed by atoms with Gasteiger partial charge >= 0.3 is 0 Å². The molecule has 0 aliphatic heterocycles. The first kappa shape index (κ1) is 12.1. The molecule has 0 heterocycles. The second-order valence-corrected chi connectivity index (χ2v) is 5.43. The number of hydrogen-bond donors (Lipinski definition) is 0. The van der Waals surface area contributed by atoms with Crippen LogP contribution < -0.4 is 0 Å². The fourth-order valence-corrected chi connectivity index (χ4v) is 2.66. The third-order valence-electron chi connectivity index (χ3n) is 4.42. The van der Waals surface area contributed by atoms with Gasteiger partial charge in [0.2, 0.25) is 0 Å². The van der Waals surface area contributed by atoms with Gasteiger partial charge in [-0.05, 0) is 23.7 Å². The van der Waals surface area contributed by atoms with Crippen molar-refractivity contribution in [3.8, 4) is 0 Å². The zero-order valence-electron chi connectivity index (χ0n) is 10.6. The SMILES string of the molecule is CCC(CC)C(C)C(C)CCC1CC1. The molecule has 0 aromatic carbocycles. The van der Waals surface area contributed by atoms with Crippen molar-refractivity contribution >= 4 is 0 Å². The van der Waals surface area contributed by atoms with Gasteiger partial charge in [-0.1, -0.05) is 66.2 Å². The summed E-state index contributed by atoms with van der Waals surface area (Å²) in [4.78, 5) is 0. The van der Waals surface area contributed by atoms with E-state index < -0.39 is 0 Å². The van der Waals surface area contributed by atoms with Crippen molar-refractivity contribution in [3.05, 3.63) is 0 Å². The van der Waals surface area contributed by atoms with Gasteiger partial charge in [-0.3, -0.25) is 0 Å². The smallest absolute Gasteiger partial charge is 0.0389 e. The van der Waals surface area contributed by atoms with E-state index in [4.69, 9.17) is 0 Å². The van der Waals surface area contributed by atoms with Crippen molar-refractivity contribution < 1.29 is 0 Å². The molecule has 0 amide bonds. The van der Waals surface area contributed by atoms with Gasteiger partial charge < -0.3 is 0 Å². The van der Waals surface area contributed by atoms with Gasteiger partial charge in [0.05, 0.1) is 0 Å². The molecule has 1 saturated carbocycles. The van der Waals surface area contributed by atoms with E-state index in [9.17, 15) is 0 Å². The maximum absolute atomic E-state index is 2.47. The summed E-state index contributed by atoms with van der Waals surface area (Å²) in [5, 5.41) is 0. The molecular weight excluding hydrogens is 168 g/mol. The minimum Gasteiger partial charge on any atom is -0.0651 e. The van der Waals surface area contributed by atoms with Crippen molar-refractivity contribution in [1.29, 1.82) is 0 Å². The molecular formula is C14H28. The van der Waals surface area contributed by atoms with E-state index in [0.717, 1.165) is 23.7 Å². The summed E-state index contributed by atoms with van der Waals surface area (Å²) in [5.74, 6) is 3.96. The highest BCUT2D eigenvalue weighted by Gasteiger charge is 2.24. The summed E-state index contributed by atoms with van der Waals surface area (Å²) in [6.45, 7) is 9.62. The molecule has 0 nitrogen and oxygen atoms in total. The average Bonchev–Trinajstić information content (AvgIpc) is 2.99. The summed E-state index contributed by atoms with van der Waals surface area (Å²) in [5.41, 5.74) is 0. The minimum atomic E-state index is 0.934. The molecule has 0 heteroatoms. The van der Waals surface area contributed by atoms with Crippen LogP contribution in [0, 0.1) is 23.7 Å². The Morgan fingerprint density at radius 2 is 1.64 bits per heavy atom. The summed E-state index contributed by atoms with van der Waals surface area (Å²) in [6, 6.07) is 0. The summed E-state index contributed by atoms with van der Waals surface area (Å²) >= 11 is 0. The molecule has 0 N–H and O–H groups in total. The van der Waals surface area contributed by atoms with Crippen LogP contribution in [0.1, 0.15) is 66.2 Å². The lowest BCUT2D eigenvalue weighted by molar-refractivity contribution is 0.232. The van der Waals surface area contributed by atoms with Crippen LogP contribution in [-0.2, 0) is 0 Å². The average molecular weight is 196 g/mol. The molecule has 0 aromatic heterocycles. The van der Waals surface area contributed by atoms with Crippen LogP contribution in [0.4, 0.5) is 0 Å². The molecule has 84 valence electrons. The van der Waals surface area contributed by atoms with Gasteiger partial charge in [0.1, 0.15) is 0 Å². The van der Waals surface area contributed by atoms with Crippen molar-refractivity contribution in [3.63, 3.8) is 0 Å². The fourth-order valence-electron chi connectivity index (χ4n) is 2.66. The first-order valence-corrected chi connectivity index (χ1v) is 6.69. The first-order valence-electron chi connectivity index (χ1n) is 6.69. The molecule has 1 aliphatic rings. The van der Waals surface area contributed by atoms with Crippen molar-refractivity contribution in [2.45, 2.75) is 66.2 Å². The quantitative estimate of drug-likeness (QED) is 0.544. The predicted molar refractivity (Wildman–Crippen MR) is 64.4 cm³/mol. The highest BCUT2D eigenvalue weighted by molar-refractivity contribution is 4.76. The van der Waals surface area contributed by atoms with Crippen molar-refractivity contribution in [2.75, 3.05) is 0 Å². The Labute approximate surface area is 90.5 Å². The summed E-state index contributed by atoms with van der Waals surface area (Å²) in [7, 11) is 0. The third kappa shape index (κ3) is 3.63. The predicted octanol–water partition coefficient (Wildman–Crippen LogP) is 4.89. The number of hydrogen-bond acceptors (Lipinski definition) is 0. The Hall–Kier alpha value is 0. The molecule has 14 heavy (non-hydrogen) atoms. The van der Waals surface area contributed by atoms with Gasteiger partial charge in [0, 0.05) is 0 Å². The number of rotatable bonds is 7. The van der Waals surface area contributed by atoms with Gasteiger partial charge in [-0.15, -0.1) is 0 Å². The van der Waals surface area contributed by atoms with E-state index in [-0.39, 0.29) is 0 Å². The van der Waals surface area contributed by atoms with Crippen LogP contribution in [0.25, 0.3) is 0 Å². The first-order chi connectivity index (χ1) is 6.69. The highest BCUT2D eigenvalue weighted by Crippen LogP contribution is 2.37. The Balaban J connectivity index is 2.21. The zero-order valence-corrected chi connectivity index (χ0v) is 10.6. The van der Waals surface area contributed by atoms with E-state index in [1.807, 2.05) is 0 Å². The second-order valence-electron chi connectivity index (χ2n) is 5.43. The van der Waals surface area contributed by atoms with Crippen LogP contribution in [-0.4, -0.2) is 0 Å². The van der Waals surface area contributed by atoms with Crippen LogP contribution >= 0.6 is 0 Å². The lowest BCUT2D eigenvalue weighted by Crippen LogP contribution is -2.18. The van der Waals surface area contributed by atoms with E-state index in [2.05, 4.69) is 27.7 Å². The molecule has 1 rings (SSSR count). The van der Waals surface area contributed by atoms with Crippen LogP contribution in [0.15, 0.2) is 0 Å². The minimum absolute atomic E-state index is 0.934. The van der Waals surface area contributed by atoms with Crippen molar-refractivity contribution in [1.82, 2.24) is 0 Å². The molecule has 2 unspecified atom stereocenters. The summed E-state index contributed by atoms with van der Waals surface area (Å²) < 4.78 is 0. The van der Waals surface area contributed by atoms with Crippen LogP contribution in [0.3, 0.4) is 0 Å². The van der Waals surface area contributed by atoms with Gasteiger partial charge in [-0.25, -0.2) is 0 Å². The standard InChI is InChI=1S/C14H28/c1-5-14(6-2)12(4)11(3)7-8-13-9-10-13/h11-14H,5-10H2,1-4H3. The van der Waals surface area contributed by atoms with Crippen LogP contribution in [0.5, 0.6) is 0 Å². The molecule has 1 aliphatic carbocycles. The molecule has 0 bridgehead atoms. The Morgan fingerprint density at radius 1 is 1.07 bits per heavy atom. The lowest BCUT2D eigenvalue weighted by Gasteiger charge is -2.27. The van der Waals surface area contributed by atoms with Crippen LogP contribution in [0.2, 0.25) is 0 Å². The lowest BCUT2D eigenvalue weighted by atomic mass is 9.79. The second kappa shape index (κ2) is 5.78. The molecule has 0 radical (unpaired) electrons. The zero-order chi connectivity index (χ0) is 10.6. The maximum atomic E-state index is 2.47. The fraction of sp³-hybridized carbons (Fsp3) is 1.00. The maximum Gasteiger partial charge on any atom is -0.0389 e. The molecule has 0 spiro atoms. The third-order valence-corrected chi connectivity index (χ3v) is 4.42. The summed E-state index contributed by atoms with van der Waals surface area (Å²) in [6.07, 6.45) is 8.75. The van der Waals surface area contributed by atoms with Crippen molar-refractivity contribution in [2.24, 2.45) is 23.7 Å². The highest BCUT2D eigenvalue weighted by atomic mass is 14.3. The van der Waals surface area contributed by atoms with E-state index >= 15 is 0 Å². The molecule has 0 saturated heterocycles. The molecule has 2 atom stereocenters. The van der Waals surface area contributed by atoms with E-state index in [0.29, 0.717) is 0 Å². The molecule has 0 aromatic rings. The topological polar surface area (TPSA) is 0 Å². The Kier molecular flexibility index (Phi) is 4.98.